The fourth-order valence-corrected chi connectivity index (χ4v) is 10.8. The Labute approximate surface area is 342 Å². The molecule has 0 fully saturated rings. The molecule has 12 aromatic rings. The van der Waals surface area contributed by atoms with Crippen LogP contribution < -0.4 is 4.90 Å². The molecule has 0 aliphatic rings. The number of rotatable bonds is 6. The summed E-state index contributed by atoms with van der Waals surface area (Å²) < 4.78 is 10.1. The number of benzene rings is 9. The van der Waals surface area contributed by atoms with Gasteiger partial charge in [0.05, 0.1) is 10.2 Å². The number of para-hydroxylation sites is 1. The van der Waals surface area contributed by atoms with Gasteiger partial charge >= 0.3 is 0 Å². The quantitative estimate of drug-likeness (QED) is 0.168. The zero-order valence-corrected chi connectivity index (χ0v) is 32.7. The van der Waals surface area contributed by atoms with Crippen molar-refractivity contribution in [3.05, 3.63) is 194 Å². The van der Waals surface area contributed by atoms with Crippen LogP contribution in [-0.4, -0.2) is 4.98 Å². The summed E-state index contributed by atoms with van der Waals surface area (Å²) in [6, 6.07) is 69.7. The topological polar surface area (TPSA) is 29.3 Å². The van der Waals surface area contributed by atoms with Gasteiger partial charge in [-0.25, -0.2) is 4.98 Å². The van der Waals surface area contributed by atoms with Crippen LogP contribution in [0.2, 0.25) is 0 Å². The Kier molecular flexibility index (Phi) is 7.58. The molecule has 3 aromatic heterocycles. The van der Waals surface area contributed by atoms with Crippen molar-refractivity contribution in [2.75, 3.05) is 4.90 Å². The molecule has 0 amide bonds. The van der Waals surface area contributed by atoms with E-state index in [-0.39, 0.29) is 0 Å². The van der Waals surface area contributed by atoms with Crippen molar-refractivity contribution in [1.29, 1.82) is 0 Å². The van der Waals surface area contributed by atoms with Crippen LogP contribution in [0.4, 0.5) is 17.1 Å². The molecule has 0 unspecified atom stereocenters. The smallest absolute Gasteiger partial charge is 0.135 e. The molecule has 0 spiro atoms. The number of thiophene rings is 1. The summed E-state index contributed by atoms with van der Waals surface area (Å²) >= 11 is 3.64. The van der Waals surface area contributed by atoms with E-state index in [2.05, 4.69) is 187 Å². The highest BCUT2D eigenvalue weighted by molar-refractivity contribution is 7.28. The molecular weight excluding hydrogens is 745 g/mol. The summed E-state index contributed by atoms with van der Waals surface area (Å²) in [5, 5.41) is 8.35. The maximum Gasteiger partial charge on any atom is 0.135 e. The lowest BCUT2D eigenvalue weighted by molar-refractivity contribution is 0.669. The van der Waals surface area contributed by atoms with Crippen molar-refractivity contribution < 1.29 is 4.42 Å². The molecule has 0 bridgehead atoms. The van der Waals surface area contributed by atoms with Gasteiger partial charge in [-0.3, -0.25) is 0 Å². The minimum atomic E-state index is 0.884. The van der Waals surface area contributed by atoms with Gasteiger partial charge in [0.25, 0.3) is 0 Å². The molecule has 0 radical (unpaired) electrons. The molecule has 3 heterocycles. The normalized spacial score (nSPS) is 11.8. The van der Waals surface area contributed by atoms with Gasteiger partial charge in [-0.05, 0) is 106 Å². The zero-order chi connectivity index (χ0) is 38.2. The molecule has 0 saturated carbocycles. The van der Waals surface area contributed by atoms with Crippen LogP contribution in [0.15, 0.2) is 199 Å². The number of nitrogens with zero attached hydrogens (tertiary/aromatic N) is 2. The predicted octanol–water partition coefficient (Wildman–Crippen LogP) is 16.2. The average Bonchev–Trinajstić information content (AvgIpc) is 4.00. The van der Waals surface area contributed by atoms with Crippen LogP contribution in [0, 0.1) is 0 Å². The van der Waals surface area contributed by atoms with E-state index in [0.717, 1.165) is 55.1 Å². The van der Waals surface area contributed by atoms with E-state index in [1.165, 1.54) is 57.9 Å². The standard InChI is InChI=1S/C53H32N2OS2/c1-2-10-36(11-3-1)53-54-46-27-30-50-51(52(46)58-53)45-31-37(21-29-49(45)57-50)33-17-22-38(23-18-33)55(40-26-28-48-44(32-40)43-14-6-7-16-47(43)56-48)39-24-19-35(20-25-39)42-15-8-12-34-9-4-5-13-41(34)42/h1-32H. The summed E-state index contributed by atoms with van der Waals surface area (Å²) in [5.41, 5.74) is 12.0. The molecule has 12 rings (SSSR count). The molecule has 5 heteroatoms. The average molecular weight is 777 g/mol. The largest absolute Gasteiger partial charge is 0.456 e. The third-order valence-corrected chi connectivity index (χ3v) is 13.6. The van der Waals surface area contributed by atoms with Gasteiger partial charge in [0, 0.05) is 53.6 Å². The Balaban J connectivity index is 0.957. The molecule has 9 aromatic carbocycles. The molecule has 3 nitrogen and oxygen atoms in total. The van der Waals surface area contributed by atoms with Crippen LogP contribution >= 0.6 is 22.7 Å². The second kappa shape index (κ2) is 13.3. The van der Waals surface area contributed by atoms with Gasteiger partial charge in [-0.2, -0.15) is 0 Å². The van der Waals surface area contributed by atoms with E-state index in [0.29, 0.717) is 0 Å². The number of anilines is 3. The van der Waals surface area contributed by atoms with Crippen molar-refractivity contribution >= 4 is 103 Å². The van der Waals surface area contributed by atoms with E-state index in [1.54, 1.807) is 11.3 Å². The van der Waals surface area contributed by atoms with Crippen LogP contribution in [0.3, 0.4) is 0 Å². The Bertz CT molecular complexity index is 3500. The molecular formula is C53H32N2OS2. The van der Waals surface area contributed by atoms with Crippen LogP contribution in [0.5, 0.6) is 0 Å². The number of thiazole rings is 1. The number of aromatic nitrogens is 1. The third kappa shape index (κ3) is 5.43. The minimum absolute atomic E-state index is 0.884. The fraction of sp³-hybridized carbons (Fsp3) is 0. The number of hydrogen-bond acceptors (Lipinski definition) is 5. The van der Waals surface area contributed by atoms with Crippen molar-refractivity contribution in [2.45, 2.75) is 0 Å². The highest BCUT2D eigenvalue weighted by Gasteiger charge is 2.18. The van der Waals surface area contributed by atoms with Gasteiger partial charge in [-0.15, -0.1) is 22.7 Å². The third-order valence-electron chi connectivity index (χ3n) is 11.3. The van der Waals surface area contributed by atoms with Gasteiger partial charge in [-0.1, -0.05) is 121 Å². The lowest BCUT2D eigenvalue weighted by atomic mass is 9.98. The SMILES string of the molecule is c1ccc(-c2nc3ccc4sc5ccc(-c6ccc(N(c7ccc(-c8cccc9ccccc89)cc7)c7ccc8oc9ccccc9c8c7)cc6)cc5c4c3s2)cc1. The number of fused-ring (bicyclic) bond motifs is 9. The maximum atomic E-state index is 6.24. The van der Waals surface area contributed by atoms with E-state index < -0.39 is 0 Å². The molecule has 0 saturated heterocycles. The highest BCUT2D eigenvalue weighted by Crippen LogP contribution is 2.45. The molecule has 0 atom stereocenters. The zero-order valence-electron chi connectivity index (χ0n) is 31.1. The van der Waals surface area contributed by atoms with Crippen molar-refractivity contribution in [2.24, 2.45) is 0 Å². The predicted molar refractivity (Wildman–Crippen MR) is 248 cm³/mol. The van der Waals surface area contributed by atoms with Gasteiger partial charge in [0.1, 0.15) is 16.2 Å². The molecule has 0 aliphatic heterocycles. The summed E-state index contributed by atoms with van der Waals surface area (Å²) in [6.45, 7) is 0. The second-order valence-electron chi connectivity index (χ2n) is 14.7. The van der Waals surface area contributed by atoms with Crippen molar-refractivity contribution in [3.8, 4) is 32.8 Å². The molecule has 0 aliphatic carbocycles. The van der Waals surface area contributed by atoms with Crippen LogP contribution in [0.25, 0.3) is 95.9 Å². The first-order valence-corrected chi connectivity index (χ1v) is 21.1. The van der Waals surface area contributed by atoms with Crippen molar-refractivity contribution in [1.82, 2.24) is 4.98 Å². The Morgan fingerprint density at radius 1 is 0.414 bits per heavy atom. The monoisotopic (exact) mass is 776 g/mol. The number of furan rings is 1. The lowest BCUT2D eigenvalue weighted by Crippen LogP contribution is -2.09. The van der Waals surface area contributed by atoms with E-state index >= 15 is 0 Å². The lowest BCUT2D eigenvalue weighted by Gasteiger charge is -2.26. The Morgan fingerprint density at radius 3 is 1.93 bits per heavy atom. The molecule has 58 heavy (non-hydrogen) atoms. The van der Waals surface area contributed by atoms with Crippen molar-refractivity contribution in [3.63, 3.8) is 0 Å². The fourth-order valence-electron chi connectivity index (χ4n) is 8.50. The Hall–Kier alpha value is -7.05. The first-order valence-electron chi connectivity index (χ1n) is 19.4. The van der Waals surface area contributed by atoms with Gasteiger partial charge < -0.3 is 9.32 Å². The maximum absolute atomic E-state index is 6.24. The second-order valence-corrected chi connectivity index (χ2v) is 16.8. The van der Waals surface area contributed by atoms with Gasteiger partial charge in [0.15, 0.2) is 0 Å². The molecule has 272 valence electrons. The van der Waals surface area contributed by atoms with Crippen LogP contribution in [-0.2, 0) is 0 Å². The number of hydrogen-bond donors (Lipinski definition) is 0. The highest BCUT2D eigenvalue weighted by atomic mass is 32.1. The summed E-state index contributed by atoms with van der Waals surface area (Å²) in [7, 11) is 0. The first kappa shape index (κ1) is 33.1. The van der Waals surface area contributed by atoms with E-state index in [1.807, 2.05) is 23.5 Å². The summed E-state index contributed by atoms with van der Waals surface area (Å²) in [6.07, 6.45) is 0. The van der Waals surface area contributed by atoms with E-state index in [9.17, 15) is 0 Å². The van der Waals surface area contributed by atoms with Crippen LogP contribution in [0.1, 0.15) is 0 Å². The summed E-state index contributed by atoms with van der Waals surface area (Å²) in [5.74, 6) is 0. The first-order chi connectivity index (χ1) is 28.7. The summed E-state index contributed by atoms with van der Waals surface area (Å²) in [4.78, 5) is 7.40. The Morgan fingerprint density at radius 2 is 1.09 bits per heavy atom. The minimum Gasteiger partial charge on any atom is -0.456 e. The van der Waals surface area contributed by atoms with E-state index in [4.69, 9.17) is 9.40 Å². The van der Waals surface area contributed by atoms with Gasteiger partial charge in [0.2, 0.25) is 0 Å². The molecule has 0 N–H and O–H groups in total.